The van der Waals surface area contributed by atoms with Gasteiger partial charge in [-0.1, -0.05) is 34.6 Å². The first-order valence-electron chi connectivity index (χ1n) is 13.5. The van der Waals surface area contributed by atoms with Crippen molar-refractivity contribution in [2.45, 2.75) is 122 Å². The average molecular weight is 465 g/mol. The van der Waals surface area contributed by atoms with E-state index in [-0.39, 0.29) is 22.0 Å². The minimum atomic E-state index is -1.74. The lowest BCUT2D eigenvalue weighted by atomic mass is 9.44. The van der Waals surface area contributed by atoms with E-state index in [4.69, 9.17) is 13.9 Å². The molecule has 5 fully saturated rings. The zero-order valence-electron chi connectivity index (χ0n) is 21.7. The summed E-state index contributed by atoms with van der Waals surface area (Å²) in [5.74, 6) is 1.89. The van der Waals surface area contributed by atoms with E-state index >= 15 is 0 Å². The summed E-state index contributed by atoms with van der Waals surface area (Å²) in [6, 6.07) is 0. The summed E-state index contributed by atoms with van der Waals surface area (Å²) in [7, 11) is -1.74. The Morgan fingerprint density at radius 2 is 1.66 bits per heavy atom. The van der Waals surface area contributed by atoms with Crippen LogP contribution >= 0.6 is 0 Å². The first kappa shape index (κ1) is 23.8. The molecule has 32 heavy (non-hydrogen) atoms. The van der Waals surface area contributed by atoms with E-state index in [9.17, 15) is 5.11 Å². The third-order valence-corrected chi connectivity index (χ3v) is 16.1. The number of hydrogen-bond acceptors (Lipinski definition) is 4. The lowest BCUT2D eigenvalue weighted by molar-refractivity contribution is -0.265. The summed E-state index contributed by atoms with van der Waals surface area (Å²) >= 11 is 0. The molecule has 1 aliphatic heterocycles. The van der Waals surface area contributed by atoms with Gasteiger partial charge in [0.25, 0.3) is 0 Å². The van der Waals surface area contributed by atoms with Crippen LogP contribution in [-0.2, 0) is 13.9 Å². The van der Waals surface area contributed by atoms with Gasteiger partial charge in [0.1, 0.15) is 0 Å². The van der Waals surface area contributed by atoms with Crippen molar-refractivity contribution >= 4 is 8.32 Å². The molecule has 0 radical (unpaired) electrons. The molecule has 1 saturated heterocycles. The smallest absolute Gasteiger partial charge is 0.192 e. The third-order valence-electron chi connectivity index (χ3n) is 11.6. The highest BCUT2D eigenvalue weighted by molar-refractivity contribution is 6.74. The van der Waals surface area contributed by atoms with Crippen LogP contribution in [-0.4, -0.2) is 44.6 Å². The number of ether oxygens (including phenoxy) is 2. The maximum atomic E-state index is 11.7. The molecule has 3 unspecified atom stereocenters. The van der Waals surface area contributed by atoms with Crippen LogP contribution in [0.3, 0.4) is 0 Å². The summed E-state index contributed by atoms with van der Waals surface area (Å²) in [6.45, 7) is 18.1. The summed E-state index contributed by atoms with van der Waals surface area (Å²) in [5, 5.41) is 12.0. The molecule has 5 aliphatic rings. The van der Waals surface area contributed by atoms with E-state index in [0.29, 0.717) is 43.0 Å². The van der Waals surface area contributed by atoms with Crippen molar-refractivity contribution in [3.8, 4) is 0 Å². The summed E-state index contributed by atoms with van der Waals surface area (Å²) in [5.41, 5.74) is 0.194. The molecule has 8 atom stereocenters. The fourth-order valence-electron chi connectivity index (χ4n) is 8.92. The predicted molar refractivity (Wildman–Crippen MR) is 130 cm³/mol. The van der Waals surface area contributed by atoms with Gasteiger partial charge in [0.2, 0.25) is 0 Å². The molecular weight excluding hydrogens is 416 g/mol. The van der Waals surface area contributed by atoms with Crippen molar-refractivity contribution in [1.82, 2.24) is 0 Å². The lowest BCUT2D eigenvalue weighted by Gasteiger charge is -2.63. The van der Waals surface area contributed by atoms with Crippen molar-refractivity contribution < 1.29 is 19.0 Å². The molecule has 1 spiro atoms. The quantitative estimate of drug-likeness (QED) is 0.499. The van der Waals surface area contributed by atoms with Gasteiger partial charge in [-0.15, -0.1) is 0 Å². The highest BCUT2D eigenvalue weighted by Crippen LogP contribution is 2.69. The minimum Gasteiger partial charge on any atom is -0.414 e. The van der Waals surface area contributed by atoms with Gasteiger partial charge in [-0.2, -0.15) is 0 Å². The second-order valence-electron chi connectivity index (χ2n) is 14.0. The monoisotopic (exact) mass is 464 g/mol. The summed E-state index contributed by atoms with van der Waals surface area (Å²) in [6.07, 6.45) is 9.32. The SMILES string of the molecule is CC(C)(C)[Si](C)(C)O[C@@H]1CC[C@]2(C)C3C(CC[C@@H]2C1)C1CCC2(OCCO2)[C@@]1(C)C[C@@H]3O. The van der Waals surface area contributed by atoms with Gasteiger partial charge in [-0.25, -0.2) is 0 Å². The number of aliphatic hydroxyl groups is 1. The zero-order valence-corrected chi connectivity index (χ0v) is 22.7. The van der Waals surface area contributed by atoms with E-state index in [0.717, 1.165) is 19.3 Å². The first-order chi connectivity index (χ1) is 14.8. The molecule has 0 aromatic carbocycles. The summed E-state index contributed by atoms with van der Waals surface area (Å²) < 4.78 is 19.4. The van der Waals surface area contributed by atoms with E-state index in [1.54, 1.807) is 0 Å². The zero-order chi connectivity index (χ0) is 23.2. The molecule has 4 saturated carbocycles. The Hall–Kier alpha value is 0.0569. The average Bonchev–Trinajstić information content (AvgIpc) is 3.27. The van der Waals surface area contributed by atoms with Crippen molar-refractivity contribution in [3.63, 3.8) is 0 Å². The van der Waals surface area contributed by atoms with Crippen LogP contribution in [0.1, 0.15) is 86.0 Å². The molecule has 5 heteroatoms. The largest absolute Gasteiger partial charge is 0.414 e. The lowest BCUT2D eigenvalue weighted by Crippen LogP contribution is -2.62. The summed E-state index contributed by atoms with van der Waals surface area (Å²) in [4.78, 5) is 0. The van der Waals surface area contributed by atoms with Gasteiger partial charge in [0.15, 0.2) is 14.1 Å². The molecule has 0 aromatic rings. The normalized spacial score (nSPS) is 48.4. The van der Waals surface area contributed by atoms with Crippen LogP contribution in [0.4, 0.5) is 0 Å². The highest BCUT2D eigenvalue weighted by Gasteiger charge is 2.69. The maximum Gasteiger partial charge on any atom is 0.192 e. The van der Waals surface area contributed by atoms with Crippen molar-refractivity contribution in [1.29, 1.82) is 0 Å². The fourth-order valence-corrected chi connectivity index (χ4v) is 10.3. The van der Waals surface area contributed by atoms with Gasteiger partial charge in [-0.05, 0) is 92.2 Å². The van der Waals surface area contributed by atoms with Crippen LogP contribution in [0.2, 0.25) is 18.1 Å². The fraction of sp³-hybridized carbons (Fsp3) is 1.00. The Morgan fingerprint density at radius 1 is 0.969 bits per heavy atom. The molecule has 0 aromatic heterocycles. The molecule has 1 N–H and O–H groups in total. The molecule has 4 aliphatic carbocycles. The number of rotatable bonds is 2. The van der Waals surface area contributed by atoms with Crippen molar-refractivity contribution in [2.75, 3.05) is 13.2 Å². The second kappa shape index (κ2) is 7.53. The molecule has 0 amide bonds. The molecule has 4 nitrogen and oxygen atoms in total. The predicted octanol–water partition coefficient (Wildman–Crippen LogP) is 6.13. The van der Waals surface area contributed by atoms with E-state index < -0.39 is 14.1 Å². The van der Waals surface area contributed by atoms with Gasteiger partial charge in [-0.3, -0.25) is 0 Å². The molecular formula is C27H48O4Si. The van der Waals surface area contributed by atoms with Gasteiger partial charge in [0, 0.05) is 17.9 Å². The van der Waals surface area contributed by atoms with Crippen LogP contribution in [0.5, 0.6) is 0 Å². The van der Waals surface area contributed by atoms with Gasteiger partial charge in [0.05, 0.1) is 19.3 Å². The second-order valence-corrected chi connectivity index (χ2v) is 18.8. The standard InChI is InChI=1S/C27H48O4Si/c1-24(2,3)32(6,7)31-19-10-12-25(4)18(16-19)8-9-20-21-11-13-27(29-14-15-30-27)26(21,5)17-22(28)23(20)25/h18-23,28H,8-17H2,1-7H3/t18-,19-,20?,21?,22+,23?,25+,26+/m1/s1. The van der Waals surface area contributed by atoms with Gasteiger partial charge < -0.3 is 19.0 Å². The van der Waals surface area contributed by atoms with E-state index in [2.05, 4.69) is 47.7 Å². The maximum absolute atomic E-state index is 11.7. The Kier molecular flexibility index (Phi) is 5.59. The van der Waals surface area contributed by atoms with E-state index in [1.807, 2.05) is 0 Å². The highest BCUT2D eigenvalue weighted by atomic mass is 28.4. The Labute approximate surface area is 197 Å². The van der Waals surface area contributed by atoms with Crippen molar-refractivity contribution in [2.24, 2.45) is 34.5 Å². The number of fused-ring (bicyclic) bond motifs is 6. The molecule has 0 bridgehead atoms. The van der Waals surface area contributed by atoms with Crippen LogP contribution < -0.4 is 0 Å². The van der Waals surface area contributed by atoms with Crippen LogP contribution in [0.25, 0.3) is 0 Å². The minimum absolute atomic E-state index is 0.0457. The third kappa shape index (κ3) is 3.27. The number of aliphatic hydroxyl groups excluding tert-OH is 1. The Balaban J connectivity index is 1.35. The molecule has 184 valence electrons. The van der Waals surface area contributed by atoms with Crippen molar-refractivity contribution in [3.05, 3.63) is 0 Å². The van der Waals surface area contributed by atoms with E-state index in [1.165, 1.54) is 32.1 Å². The Morgan fingerprint density at radius 3 is 2.31 bits per heavy atom. The van der Waals surface area contributed by atoms with Crippen LogP contribution in [0, 0.1) is 34.5 Å². The van der Waals surface area contributed by atoms with Gasteiger partial charge >= 0.3 is 0 Å². The molecule has 1 heterocycles. The Bertz CT molecular complexity index is 726. The topological polar surface area (TPSA) is 47.9 Å². The first-order valence-corrected chi connectivity index (χ1v) is 16.4. The number of hydrogen-bond donors (Lipinski definition) is 1. The molecule has 5 rings (SSSR count). The van der Waals surface area contributed by atoms with Crippen LogP contribution in [0.15, 0.2) is 0 Å².